The van der Waals surface area contributed by atoms with E-state index < -0.39 is 5.41 Å². The van der Waals surface area contributed by atoms with Crippen molar-refractivity contribution in [3.63, 3.8) is 0 Å². The number of alkyl halides is 3. The van der Waals surface area contributed by atoms with Gasteiger partial charge in [-0.15, -0.1) is 0 Å². The first-order valence-corrected chi connectivity index (χ1v) is 12.6. The Labute approximate surface area is 229 Å². The number of hydrogen-bond acceptors (Lipinski definition) is 4. The molecule has 1 aromatic carbocycles. The molecule has 0 aliphatic heterocycles. The molecule has 2 unspecified atom stereocenters. The molecule has 38 heavy (non-hydrogen) atoms. The molecule has 0 heterocycles. The van der Waals surface area contributed by atoms with E-state index in [0.717, 1.165) is 11.1 Å². The Morgan fingerprint density at radius 2 is 1.53 bits per heavy atom. The number of amidine groups is 1. The van der Waals surface area contributed by atoms with Crippen LogP contribution in [0.4, 0.5) is 17.6 Å². The van der Waals surface area contributed by atoms with Gasteiger partial charge in [0.25, 0.3) is 0 Å². The molecule has 0 spiro atoms. The Balaban J connectivity index is -0.000000150. The normalized spacial score (nSPS) is 13.8. The molecule has 5 nitrogen and oxygen atoms in total. The van der Waals surface area contributed by atoms with Crippen molar-refractivity contribution in [2.24, 2.45) is 21.5 Å². The minimum Gasteiger partial charge on any atom is -0.324 e. The summed E-state index contributed by atoms with van der Waals surface area (Å²) in [7, 11) is 0.500. The van der Waals surface area contributed by atoms with Gasteiger partial charge in [0.05, 0.1) is 38.2 Å². The number of nitrogens with two attached hydrogens (primary N) is 2. The maximum Gasteiger partial charge on any atom is 0.155 e. The van der Waals surface area contributed by atoms with Crippen molar-refractivity contribution in [2.75, 3.05) is 20.5 Å². The Morgan fingerprint density at radius 3 is 1.79 bits per heavy atom. The van der Waals surface area contributed by atoms with Gasteiger partial charge < -0.3 is 11.5 Å². The van der Waals surface area contributed by atoms with E-state index in [-0.39, 0.29) is 31.4 Å². The number of halogens is 4. The molecule has 2 rings (SSSR count). The van der Waals surface area contributed by atoms with Crippen molar-refractivity contribution >= 4 is 12.6 Å². The molecule has 1 aliphatic rings. The topological polar surface area (TPSA) is 101 Å². The summed E-state index contributed by atoms with van der Waals surface area (Å²) >= 11 is 0. The second-order valence-electron chi connectivity index (χ2n) is 7.07. The van der Waals surface area contributed by atoms with Crippen LogP contribution >= 0.6 is 0 Å². The van der Waals surface area contributed by atoms with E-state index in [1.54, 1.807) is 19.1 Å². The number of benzene rings is 1. The Morgan fingerprint density at radius 1 is 1.11 bits per heavy atom. The van der Waals surface area contributed by atoms with Crippen LogP contribution in [-0.2, 0) is 5.41 Å². The van der Waals surface area contributed by atoms with Crippen LogP contribution in [0.2, 0.25) is 0 Å². The fraction of sp³-hybridized carbons (Fsp3) is 0.552. The summed E-state index contributed by atoms with van der Waals surface area (Å²) in [4.78, 5) is 8.04. The van der Waals surface area contributed by atoms with Gasteiger partial charge in [0.1, 0.15) is 5.83 Å². The van der Waals surface area contributed by atoms with Crippen LogP contribution in [0, 0.1) is 11.3 Å². The van der Waals surface area contributed by atoms with Gasteiger partial charge in [-0.05, 0) is 53.0 Å². The number of rotatable bonds is 3. The third-order valence-corrected chi connectivity index (χ3v) is 3.69. The largest absolute Gasteiger partial charge is 0.324 e. The highest BCUT2D eigenvalue weighted by Crippen LogP contribution is 2.22. The zero-order valence-electron chi connectivity index (χ0n) is 25.0. The number of aliphatic imine (C=N–C) groups is 2. The Kier molecular flexibility index (Phi) is 38.2. The predicted octanol–water partition coefficient (Wildman–Crippen LogP) is 7.96. The van der Waals surface area contributed by atoms with Crippen molar-refractivity contribution in [1.82, 2.24) is 0 Å². The summed E-state index contributed by atoms with van der Waals surface area (Å²) in [5.41, 5.74) is 12.3. The summed E-state index contributed by atoms with van der Waals surface area (Å²) in [5, 5.41) is 9.07. The van der Waals surface area contributed by atoms with Crippen LogP contribution in [0.15, 0.2) is 58.3 Å². The van der Waals surface area contributed by atoms with Gasteiger partial charge in [0, 0.05) is 18.0 Å². The summed E-state index contributed by atoms with van der Waals surface area (Å²) in [6.07, 6.45) is 4.90. The maximum atomic E-state index is 12.2. The molecule has 4 N–H and O–H groups in total. The SMILES string of the molecule is C=N/C(=N\C(C)N)c1ccc(C(C)(C)C#N)cc1.CC.CC.CCF.CCF.CF.NC1C=CC=C(F)C1. The number of nitriles is 1. The average molecular weight is 546 g/mol. The minimum absolute atomic E-state index is 0.111. The molecule has 9 heteroatoms. The van der Waals surface area contributed by atoms with Crippen molar-refractivity contribution < 1.29 is 17.6 Å². The van der Waals surface area contributed by atoms with Crippen molar-refractivity contribution in [3.05, 3.63) is 59.4 Å². The van der Waals surface area contributed by atoms with Gasteiger partial charge in [-0.25, -0.2) is 14.4 Å². The first-order chi connectivity index (χ1) is 18.0. The van der Waals surface area contributed by atoms with Gasteiger partial charge in [0.15, 0.2) is 5.84 Å². The number of allylic oxidation sites excluding steroid dienone is 2. The van der Waals surface area contributed by atoms with Crippen LogP contribution in [0.5, 0.6) is 0 Å². The van der Waals surface area contributed by atoms with Gasteiger partial charge in [-0.3, -0.25) is 13.2 Å². The molecule has 0 aromatic heterocycles. The second kappa shape index (κ2) is 32.2. The molecule has 0 fully saturated rings. The van der Waals surface area contributed by atoms with E-state index in [0.29, 0.717) is 19.4 Å². The van der Waals surface area contributed by atoms with Crippen molar-refractivity contribution in [2.45, 2.75) is 86.4 Å². The molecule has 0 saturated heterocycles. The zero-order valence-corrected chi connectivity index (χ0v) is 25.0. The lowest BCUT2D eigenvalue weighted by molar-refractivity contribution is 0.527. The highest BCUT2D eigenvalue weighted by atomic mass is 19.1. The van der Waals surface area contributed by atoms with Crippen LogP contribution in [0.1, 0.15) is 79.9 Å². The highest BCUT2D eigenvalue weighted by molar-refractivity contribution is 6.01. The van der Waals surface area contributed by atoms with E-state index in [1.165, 1.54) is 19.9 Å². The Bertz CT molecular complexity index is 779. The number of hydrogen-bond donors (Lipinski definition) is 2. The lowest BCUT2D eigenvalue weighted by Gasteiger charge is -2.15. The third-order valence-electron chi connectivity index (χ3n) is 3.69. The van der Waals surface area contributed by atoms with Crippen LogP contribution in [0.25, 0.3) is 0 Å². The summed E-state index contributed by atoms with van der Waals surface area (Å²) in [6.45, 7) is 19.4. The lowest BCUT2D eigenvalue weighted by atomic mass is 9.86. The van der Waals surface area contributed by atoms with Crippen molar-refractivity contribution in [1.29, 1.82) is 5.26 Å². The van der Waals surface area contributed by atoms with Crippen LogP contribution < -0.4 is 11.5 Å². The minimum atomic E-state index is -0.501. The maximum absolute atomic E-state index is 12.2. The summed E-state index contributed by atoms with van der Waals surface area (Å²) in [5.74, 6) is 0.395. The fourth-order valence-corrected chi connectivity index (χ4v) is 2.16. The molecule has 0 saturated carbocycles. The summed E-state index contributed by atoms with van der Waals surface area (Å²) < 4.78 is 42.2. The monoisotopic (exact) mass is 545 g/mol. The Hall–Kier alpha value is -2.83. The molecule has 0 amide bonds. The molecule has 1 aliphatic carbocycles. The first-order valence-electron chi connectivity index (χ1n) is 12.6. The van der Waals surface area contributed by atoms with E-state index >= 15 is 0 Å². The molecule has 2 atom stereocenters. The first kappa shape index (κ1) is 45.1. The quantitative estimate of drug-likeness (QED) is 0.229. The van der Waals surface area contributed by atoms with E-state index in [2.05, 4.69) is 22.8 Å². The molecule has 0 radical (unpaired) electrons. The molecular weight excluding hydrogens is 494 g/mol. The summed E-state index contributed by atoms with van der Waals surface area (Å²) in [6, 6.07) is 9.72. The van der Waals surface area contributed by atoms with E-state index in [1.807, 2.05) is 65.8 Å². The molecule has 1 aromatic rings. The van der Waals surface area contributed by atoms with Gasteiger partial charge in [0.2, 0.25) is 0 Å². The third kappa shape index (κ3) is 26.2. The lowest BCUT2D eigenvalue weighted by Crippen LogP contribution is -2.17. The second-order valence-corrected chi connectivity index (χ2v) is 7.07. The predicted molar refractivity (Wildman–Crippen MR) is 159 cm³/mol. The molecular formula is C29H51F4N5. The van der Waals surface area contributed by atoms with E-state index in [4.69, 9.17) is 16.7 Å². The van der Waals surface area contributed by atoms with Gasteiger partial charge in [-0.2, -0.15) is 5.26 Å². The molecule has 0 bridgehead atoms. The van der Waals surface area contributed by atoms with E-state index in [9.17, 15) is 17.6 Å². The molecule has 220 valence electrons. The number of nitrogens with zero attached hydrogens (tertiary/aromatic N) is 3. The van der Waals surface area contributed by atoms with Gasteiger partial charge in [-0.1, -0.05) is 64.1 Å². The smallest absolute Gasteiger partial charge is 0.155 e. The van der Waals surface area contributed by atoms with Crippen LogP contribution in [-0.4, -0.2) is 45.3 Å². The standard InChI is InChI=1S/C14H18N4.C6H8FN.2C2H5F.2C2H6.CH3F/c1-10(16)18-13(17-4)11-5-7-12(8-6-11)14(2,3)9-15;7-5-2-1-3-6(8)4-5;2*1-2-3;3*1-2/h5-8,10H,4,16H2,1-3H3;1-3,6H,4,8H2;2*2H2,1H3;2*1-2H3;1H3/b18-13-;;;;;;. The zero-order chi connectivity index (χ0) is 31.2. The van der Waals surface area contributed by atoms with Crippen LogP contribution in [0.3, 0.4) is 0 Å². The highest BCUT2D eigenvalue weighted by Gasteiger charge is 2.19. The van der Waals surface area contributed by atoms with Crippen molar-refractivity contribution in [3.8, 4) is 6.07 Å². The van der Waals surface area contributed by atoms with Gasteiger partial charge >= 0.3 is 0 Å². The average Bonchev–Trinajstić information content (AvgIpc) is 2.92. The fourth-order valence-electron chi connectivity index (χ4n) is 2.16.